The molecule has 1 heterocycles. The van der Waals surface area contributed by atoms with Crippen molar-refractivity contribution in [2.45, 2.75) is 104 Å². The highest BCUT2D eigenvalue weighted by molar-refractivity contribution is 5.98. The molecule has 0 aromatic heterocycles. The molecule has 31 heavy (non-hydrogen) atoms. The fourth-order valence-electron chi connectivity index (χ4n) is 7.27. The van der Waals surface area contributed by atoms with Crippen molar-refractivity contribution in [3.05, 3.63) is 11.6 Å². The third-order valence-electron chi connectivity index (χ3n) is 8.89. The number of fused-ring (bicyclic) bond motifs is 5. The van der Waals surface area contributed by atoms with E-state index in [1.807, 2.05) is 0 Å². The molecule has 2 saturated carbocycles. The van der Waals surface area contributed by atoms with Gasteiger partial charge in [-0.25, -0.2) is 0 Å². The lowest BCUT2D eigenvalue weighted by Gasteiger charge is -2.44. The summed E-state index contributed by atoms with van der Waals surface area (Å²) in [4.78, 5) is 26.5. The Balaban J connectivity index is 1.61. The zero-order chi connectivity index (χ0) is 22.0. The normalized spacial score (nSPS) is 41.3. The van der Waals surface area contributed by atoms with Gasteiger partial charge < -0.3 is 10.1 Å². The molecule has 4 aliphatic rings. The molecule has 4 rings (SSSR count). The molecule has 1 saturated heterocycles. The Kier molecular flexibility index (Phi) is 7.56. The molecule has 8 atom stereocenters. The van der Waals surface area contributed by atoms with Crippen LogP contribution in [0.3, 0.4) is 0 Å². The van der Waals surface area contributed by atoms with E-state index in [4.69, 9.17) is 4.74 Å². The van der Waals surface area contributed by atoms with Crippen LogP contribution in [0.15, 0.2) is 11.6 Å². The van der Waals surface area contributed by atoms with E-state index in [0.29, 0.717) is 36.0 Å². The van der Waals surface area contributed by atoms with Crippen molar-refractivity contribution in [2.24, 2.45) is 35.5 Å². The zero-order valence-corrected chi connectivity index (χ0v) is 19.9. The van der Waals surface area contributed by atoms with E-state index in [9.17, 15) is 9.59 Å². The van der Waals surface area contributed by atoms with Crippen LogP contribution in [0.2, 0.25) is 0 Å². The maximum atomic E-state index is 13.5. The van der Waals surface area contributed by atoms with Gasteiger partial charge in [0, 0.05) is 17.9 Å². The van der Waals surface area contributed by atoms with Gasteiger partial charge in [0.05, 0.1) is 6.42 Å². The second-order valence-electron chi connectivity index (χ2n) is 10.8. The minimum Gasteiger partial charge on any atom is -0.462 e. The van der Waals surface area contributed by atoms with Gasteiger partial charge in [-0.3, -0.25) is 9.59 Å². The summed E-state index contributed by atoms with van der Waals surface area (Å²) in [6, 6.07) is 0.537. The van der Waals surface area contributed by atoms with Crippen molar-refractivity contribution in [1.29, 1.82) is 0 Å². The number of Topliss-reactive ketones (excluding diaryl/α,β-unsaturated/α-hetero) is 1. The van der Waals surface area contributed by atoms with E-state index in [2.05, 4.69) is 32.2 Å². The maximum absolute atomic E-state index is 13.5. The molecule has 0 aromatic rings. The number of rotatable bonds is 4. The fraction of sp³-hybridized carbons (Fsp3) is 0.852. The predicted molar refractivity (Wildman–Crippen MR) is 124 cm³/mol. The predicted octanol–water partition coefficient (Wildman–Crippen LogP) is 5.45. The number of ether oxygens (including phenoxy) is 1. The molecule has 0 radical (unpaired) electrons. The largest absolute Gasteiger partial charge is 0.462 e. The van der Waals surface area contributed by atoms with Gasteiger partial charge in [0.25, 0.3) is 0 Å². The minimum absolute atomic E-state index is 0.0344. The van der Waals surface area contributed by atoms with E-state index in [1.165, 1.54) is 19.3 Å². The maximum Gasteiger partial charge on any atom is 0.306 e. The fourth-order valence-corrected chi connectivity index (χ4v) is 7.27. The van der Waals surface area contributed by atoms with E-state index >= 15 is 0 Å². The minimum atomic E-state index is -0.0870. The standard InChI is InChI=1S/C27H43NO3/c1-4-13-28-25-15-22-21(19-11-8-12-20(19)25)14-24-23(22)16-26(29)31-18(5-2)10-7-6-9-17(3)27(24)30/h14,17-23,25,28H,4-13,15-16H2,1-3H3/t17-,18+,19-,20?,21?,22-,23+,25-/m1/s1. The number of carbonyl (C=O) groups excluding carboxylic acids is 2. The quantitative estimate of drug-likeness (QED) is 0.603. The van der Waals surface area contributed by atoms with Gasteiger partial charge in [-0.1, -0.05) is 39.7 Å². The summed E-state index contributed by atoms with van der Waals surface area (Å²) in [5.74, 6) is 2.64. The molecule has 3 aliphatic carbocycles. The molecule has 0 bridgehead atoms. The molecule has 1 aliphatic heterocycles. The van der Waals surface area contributed by atoms with Crippen LogP contribution in [0.4, 0.5) is 0 Å². The highest BCUT2D eigenvalue weighted by atomic mass is 16.5. The van der Waals surface area contributed by atoms with E-state index < -0.39 is 0 Å². The average Bonchev–Trinajstić information content (AvgIpc) is 3.38. The van der Waals surface area contributed by atoms with Crippen LogP contribution in [0.1, 0.15) is 91.4 Å². The average molecular weight is 430 g/mol. The highest BCUT2D eigenvalue weighted by Crippen LogP contribution is 2.56. The van der Waals surface area contributed by atoms with Gasteiger partial charge in [0.15, 0.2) is 5.78 Å². The van der Waals surface area contributed by atoms with Gasteiger partial charge in [-0.05, 0) is 87.2 Å². The molecule has 2 unspecified atom stereocenters. The Morgan fingerprint density at radius 2 is 1.77 bits per heavy atom. The molecule has 1 N–H and O–H groups in total. The first-order chi connectivity index (χ1) is 15.0. The monoisotopic (exact) mass is 429 g/mol. The molecule has 0 aromatic carbocycles. The molecule has 0 spiro atoms. The van der Waals surface area contributed by atoms with Crippen molar-refractivity contribution >= 4 is 11.8 Å². The summed E-state index contributed by atoms with van der Waals surface area (Å²) in [5, 5.41) is 3.84. The summed E-state index contributed by atoms with van der Waals surface area (Å²) >= 11 is 0. The van der Waals surface area contributed by atoms with Crippen molar-refractivity contribution in [2.75, 3.05) is 6.54 Å². The van der Waals surface area contributed by atoms with Gasteiger partial charge >= 0.3 is 5.97 Å². The van der Waals surface area contributed by atoms with Gasteiger partial charge in [0.2, 0.25) is 0 Å². The van der Waals surface area contributed by atoms with Crippen LogP contribution in [0.25, 0.3) is 0 Å². The molecule has 3 fully saturated rings. The van der Waals surface area contributed by atoms with Crippen LogP contribution >= 0.6 is 0 Å². The third kappa shape index (κ3) is 4.79. The number of ketones is 1. The molecule has 4 nitrogen and oxygen atoms in total. The number of cyclic esters (lactones) is 1. The van der Waals surface area contributed by atoms with Crippen molar-refractivity contribution in [3.8, 4) is 0 Å². The number of allylic oxidation sites excluding steroid dienone is 2. The highest BCUT2D eigenvalue weighted by Gasteiger charge is 2.52. The molecular formula is C27H43NO3. The summed E-state index contributed by atoms with van der Waals surface area (Å²) in [6.45, 7) is 7.51. The lowest BCUT2D eigenvalue weighted by molar-refractivity contribution is -0.151. The van der Waals surface area contributed by atoms with Crippen molar-refractivity contribution in [3.63, 3.8) is 0 Å². The second kappa shape index (κ2) is 10.2. The first-order valence-corrected chi connectivity index (χ1v) is 13.2. The number of nitrogens with one attached hydrogen (secondary N) is 1. The zero-order valence-electron chi connectivity index (χ0n) is 19.9. The van der Waals surface area contributed by atoms with Crippen LogP contribution in [-0.4, -0.2) is 30.4 Å². The summed E-state index contributed by atoms with van der Waals surface area (Å²) < 4.78 is 5.91. The van der Waals surface area contributed by atoms with Crippen LogP contribution in [0, 0.1) is 35.5 Å². The first kappa shape index (κ1) is 23.0. The Morgan fingerprint density at radius 3 is 2.55 bits per heavy atom. The third-order valence-corrected chi connectivity index (χ3v) is 8.89. The topological polar surface area (TPSA) is 55.4 Å². The lowest BCUT2D eigenvalue weighted by atomic mass is 9.64. The molecule has 4 heteroatoms. The molecule has 0 amide bonds. The smallest absolute Gasteiger partial charge is 0.306 e. The summed E-state index contributed by atoms with van der Waals surface area (Å²) in [6.07, 6.45) is 13.8. The SMILES string of the molecule is CCCN[C@@H]1C[C@@H]2C(C=C3C(=O)[C@H](C)CCCC[C@H](CC)OC(=O)C[C@H]32)[C@@H]2CCCC21. The summed E-state index contributed by atoms with van der Waals surface area (Å²) in [7, 11) is 0. The Hall–Kier alpha value is -1.16. The Labute approximate surface area is 189 Å². The lowest BCUT2D eigenvalue weighted by Crippen LogP contribution is -2.48. The number of hydrogen-bond donors (Lipinski definition) is 1. The second-order valence-corrected chi connectivity index (χ2v) is 10.8. The molecular weight excluding hydrogens is 386 g/mol. The van der Waals surface area contributed by atoms with Gasteiger partial charge in [0.1, 0.15) is 6.10 Å². The summed E-state index contributed by atoms with van der Waals surface area (Å²) in [5.41, 5.74) is 0.981. The Bertz CT molecular complexity index is 686. The van der Waals surface area contributed by atoms with Gasteiger partial charge in [-0.15, -0.1) is 0 Å². The Morgan fingerprint density at radius 1 is 1.00 bits per heavy atom. The molecule has 174 valence electrons. The first-order valence-electron chi connectivity index (χ1n) is 13.2. The van der Waals surface area contributed by atoms with Crippen molar-refractivity contribution in [1.82, 2.24) is 5.32 Å². The van der Waals surface area contributed by atoms with E-state index in [0.717, 1.165) is 63.0 Å². The van der Waals surface area contributed by atoms with Crippen LogP contribution < -0.4 is 5.32 Å². The van der Waals surface area contributed by atoms with E-state index in [-0.39, 0.29) is 23.9 Å². The van der Waals surface area contributed by atoms with E-state index in [1.54, 1.807) is 0 Å². The van der Waals surface area contributed by atoms with Crippen LogP contribution in [-0.2, 0) is 14.3 Å². The van der Waals surface area contributed by atoms with Crippen molar-refractivity contribution < 1.29 is 14.3 Å². The number of carbonyl (C=O) groups is 2. The van der Waals surface area contributed by atoms with Gasteiger partial charge in [-0.2, -0.15) is 0 Å². The number of hydrogen-bond acceptors (Lipinski definition) is 4. The van der Waals surface area contributed by atoms with Crippen LogP contribution in [0.5, 0.6) is 0 Å². The number of esters is 1.